The largest absolute Gasteiger partial charge is 0.323 e. The Kier molecular flexibility index (Phi) is 3.99. The molecular formula is C18H15N5OS. The summed E-state index contributed by atoms with van der Waals surface area (Å²) >= 11 is 1.55. The van der Waals surface area contributed by atoms with Crippen molar-refractivity contribution in [1.82, 2.24) is 24.5 Å². The van der Waals surface area contributed by atoms with Crippen LogP contribution in [0.5, 0.6) is 0 Å². The number of aromatic amines is 1. The van der Waals surface area contributed by atoms with Gasteiger partial charge in [0, 0.05) is 29.4 Å². The van der Waals surface area contributed by atoms with Gasteiger partial charge in [-0.05, 0) is 6.92 Å². The van der Waals surface area contributed by atoms with E-state index in [1.807, 2.05) is 46.5 Å². The highest BCUT2D eigenvalue weighted by Crippen LogP contribution is 2.28. The monoisotopic (exact) mass is 349 g/mol. The van der Waals surface area contributed by atoms with E-state index in [0.717, 1.165) is 22.1 Å². The zero-order valence-corrected chi connectivity index (χ0v) is 14.3. The molecule has 124 valence electrons. The molecule has 25 heavy (non-hydrogen) atoms. The van der Waals surface area contributed by atoms with Crippen LogP contribution in [0.1, 0.15) is 11.5 Å². The molecule has 1 N–H and O–H groups in total. The van der Waals surface area contributed by atoms with Gasteiger partial charge in [0.05, 0.1) is 17.9 Å². The van der Waals surface area contributed by atoms with E-state index in [1.54, 1.807) is 24.5 Å². The topological polar surface area (TPSA) is 76.5 Å². The number of benzene rings is 1. The molecule has 6 nitrogen and oxygen atoms in total. The molecule has 0 aliphatic carbocycles. The Balaban J connectivity index is 1.66. The summed E-state index contributed by atoms with van der Waals surface area (Å²) in [7, 11) is 0. The van der Waals surface area contributed by atoms with E-state index in [4.69, 9.17) is 4.98 Å². The quantitative estimate of drug-likeness (QED) is 0.614. The lowest BCUT2D eigenvalue weighted by Gasteiger charge is -2.06. The Morgan fingerprint density at radius 3 is 2.84 bits per heavy atom. The van der Waals surface area contributed by atoms with Gasteiger partial charge in [0.1, 0.15) is 5.82 Å². The van der Waals surface area contributed by atoms with Crippen LogP contribution in [0.3, 0.4) is 0 Å². The molecule has 0 amide bonds. The molecule has 4 aromatic rings. The molecule has 3 heterocycles. The third-order valence-corrected chi connectivity index (χ3v) is 4.56. The van der Waals surface area contributed by atoms with Crippen molar-refractivity contribution in [2.24, 2.45) is 0 Å². The molecule has 0 saturated heterocycles. The van der Waals surface area contributed by atoms with Crippen molar-refractivity contribution in [3.8, 4) is 22.1 Å². The summed E-state index contributed by atoms with van der Waals surface area (Å²) in [6, 6.07) is 11.6. The van der Waals surface area contributed by atoms with Gasteiger partial charge in [-0.3, -0.25) is 4.79 Å². The summed E-state index contributed by atoms with van der Waals surface area (Å²) in [6.45, 7) is 2.24. The van der Waals surface area contributed by atoms with E-state index >= 15 is 0 Å². The van der Waals surface area contributed by atoms with E-state index in [9.17, 15) is 4.79 Å². The van der Waals surface area contributed by atoms with Gasteiger partial charge in [-0.15, -0.1) is 11.3 Å². The van der Waals surface area contributed by atoms with Crippen LogP contribution < -0.4 is 5.56 Å². The van der Waals surface area contributed by atoms with Crippen LogP contribution in [0.25, 0.3) is 22.1 Å². The fraction of sp³-hybridized carbons (Fsp3) is 0.111. The SMILES string of the molecule is Cc1nc(Cn2ccnc2-c2nc(-c3ccccc3)cs2)cc(=O)[nH]1. The summed E-state index contributed by atoms with van der Waals surface area (Å²) in [6.07, 6.45) is 3.61. The molecular weight excluding hydrogens is 334 g/mol. The molecule has 1 aromatic carbocycles. The van der Waals surface area contributed by atoms with Crippen molar-refractivity contribution in [3.05, 3.63) is 76.0 Å². The van der Waals surface area contributed by atoms with Gasteiger partial charge >= 0.3 is 0 Å². The number of aryl methyl sites for hydroxylation is 1. The predicted molar refractivity (Wildman–Crippen MR) is 97.5 cm³/mol. The van der Waals surface area contributed by atoms with Crippen LogP contribution in [-0.4, -0.2) is 24.5 Å². The highest BCUT2D eigenvalue weighted by molar-refractivity contribution is 7.13. The van der Waals surface area contributed by atoms with E-state index in [2.05, 4.69) is 15.0 Å². The van der Waals surface area contributed by atoms with Crippen molar-refractivity contribution in [1.29, 1.82) is 0 Å². The summed E-state index contributed by atoms with van der Waals surface area (Å²) in [5.41, 5.74) is 2.56. The zero-order valence-electron chi connectivity index (χ0n) is 13.5. The van der Waals surface area contributed by atoms with Crippen molar-refractivity contribution in [3.63, 3.8) is 0 Å². The summed E-state index contributed by atoms with van der Waals surface area (Å²) in [5, 5.41) is 2.87. The maximum absolute atomic E-state index is 11.6. The second-order valence-corrected chi connectivity index (χ2v) is 6.46. The van der Waals surface area contributed by atoms with Crippen LogP contribution in [0.15, 0.2) is 59.0 Å². The number of hydrogen-bond donors (Lipinski definition) is 1. The predicted octanol–water partition coefficient (Wildman–Crippen LogP) is 3.11. The average molecular weight is 349 g/mol. The molecule has 0 atom stereocenters. The van der Waals surface area contributed by atoms with Crippen molar-refractivity contribution < 1.29 is 0 Å². The Hall–Kier alpha value is -3.06. The Morgan fingerprint density at radius 2 is 2.04 bits per heavy atom. The average Bonchev–Trinajstić information content (AvgIpc) is 3.23. The smallest absolute Gasteiger partial charge is 0.251 e. The number of hydrogen-bond acceptors (Lipinski definition) is 5. The van der Waals surface area contributed by atoms with E-state index in [0.29, 0.717) is 18.1 Å². The maximum atomic E-state index is 11.6. The number of nitrogens with zero attached hydrogens (tertiary/aromatic N) is 4. The summed E-state index contributed by atoms with van der Waals surface area (Å²) < 4.78 is 1.95. The molecule has 0 bridgehead atoms. The van der Waals surface area contributed by atoms with Crippen molar-refractivity contribution in [2.45, 2.75) is 13.5 Å². The minimum Gasteiger partial charge on any atom is -0.323 e. The Morgan fingerprint density at radius 1 is 1.20 bits per heavy atom. The number of nitrogens with one attached hydrogen (secondary N) is 1. The molecule has 4 rings (SSSR count). The normalized spacial score (nSPS) is 10.9. The summed E-state index contributed by atoms with van der Waals surface area (Å²) in [4.78, 5) is 27.8. The van der Waals surface area contributed by atoms with Gasteiger partial charge < -0.3 is 9.55 Å². The Bertz CT molecular complexity index is 1060. The molecule has 7 heteroatoms. The van der Waals surface area contributed by atoms with Crippen LogP contribution in [0.4, 0.5) is 0 Å². The molecule has 0 fully saturated rings. The van der Waals surface area contributed by atoms with Crippen molar-refractivity contribution >= 4 is 11.3 Å². The second kappa shape index (κ2) is 6.45. The maximum Gasteiger partial charge on any atom is 0.251 e. The minimum atomic E-state index is -0.148. The first-order valence-corrected chi connectivity index (χ1v) is 8.66. The first-order valence-electron chi connectivity index (χ1n) is 7.78. The molecule has 0 unspecified atom stereocenters. The standard InChI is InChI=1S/C18H15N5OS/c1-12-20-14(9-16(24)21-12)10-23-8-7-19-17(23)18-22-15(11-25-18)13-5-3-2-4-6-13/h2-9,11H,10H2,1H3,(H,20,21,24). The van der Waals surface area contributed by atoms with Crippen LogP contribution in [0, 0.1) is 6.92 Å². The third-order valence-electron chi connectivity index (χ3n) is 3.73. The molecule has 0 radical (unpaired) electrons. The molecule has 0 saturated carbocycles. The van der Waals surface area contributed by atoms with Gasteiger partial charge in [0.2, 0.25) is 0 Å². The zero-order chi connectivity index (χ0) is 17.2. The van der Waals surface area contributed by atoms with Crippen LogP contribution >= 0.6 is 11.3 Å². The summed E-state index contributed by atoms with van der Waals surface area (Å²) in [5.74, 6) is 1.37. The highest BCUT2D eigenvalue weighted by atomic mass is 32.1. The molecule has 3 aromatic heterocycles. The second-order valence-electron chi connectivity index (χ2n) is 5.60. The van der Waals surface area contributed by atoms with Crippen LogP contribution in [-0.2, 0) is 6.54 Å². The van der Waals surface area contributed by atoms with Crippen molar-refractivity contribution in [2.75, 3.05) is 0 Å². The van der Waals surface area contributed by atoms with E-state index in [-0.39, 0.29) is 5.56 Å². The van der Waals surface area contributed by atoms with Gasteiger partial charge in [0.15, 0.2) is 10.8 Å². The first kappa shape index (κ1) is 15.5. The van der Waals surface area contributed by atoms with Gasteiger partial charge in [-0.1, -0.05) is 30.3 Å². The lowest BCUT2D eigenvalue weighted by molar-refractivity contribution is 0.766. The third kappa shape index (κ3) is 3.27. The number of imidazole rings is 1. The number of thiazole rings is 1. The van der Waals surface area contributed by atoms with E-state index < -0.39 is 0 Å². The van der Waals surface area contributed by atoms with Crippen LogP contribution in [0.2, 0.25) is 0 Å². The van der Waals surface area contributed by atoms with Gasteiger partial charge in [-0.25, -0.2) is 15.0 Å². The lowest BCUT2D eigenvalue weighted by atomic mass is 10.2. The molecule has 0 aliphatic rings. The lowest BCUT2D eigenvalue weighted by Crippen LogP contribution is -2.13. The first-order chi connectivity index (χ1) is 12.2. The fourth-order valence-electron chi connectivity index (χ4n) is 2.65. The fourth-order valence-corrected chi connectivity index (χ4v) is 3.49. The highest BCUT2D eigenvalue weighted by Gasteiger charge is 2.12. The molecule has 0 aliphatic heterocycles. The minimum absolute atomic E-state index is 0.148. The number of rotatable bonds is 4. The van der Waals surface area contributed by atoms with Gasteiger partial charge in [-0.2, -0.15) is 0 Å². The number of aromatic nitrogens is 5. The number of H-pyrrole nitrogens is 1. The van der Waals surface area contributed by atoms with Gasteiger partial charge in [0.25, 0.3) is 5.56 Å². The molecule has 0 spiro atoms. The Labute approximate surface area is 147 Å². The van der Waals surface area contributed by atoms with E-state index in [1.165, 1.54) is 6.07 Å².